The quantitative estimate of drug-likeness (QED) is 0.200. The van der Waals surface area contributed by atoms with E-state index in [1.165, 1.54) is 6.26 Å². The number of halogens is 1. The number of nitrogen functional groups attached to an aromatic ring is 2. The zero-order valence-corrected chi connectivity index (χ0v) is 26.9. The van der Waals surface area contributed by atoms with Crippen molar-refractivity contribution < 1.29 is 8.83 Å². The molecule has 14 nitrogen and oxygen atoms in total. The van der Waals surface area contributed by atoms with E-state index in [1.54, 1.807) is 39.8 Å². The Kier molecular flexibility index (Phi) is 8.34. The topological polar surface area (TPSA) is 210 Å². The molecule has 6 N–H and O–H groups in total. The molecule has 2 aliphatic rings. The van der Waals surface area contributed by atoms with Gasteiger partial charge in [0.1, 0.15) is 36.3 Å². The third-order valence-electron chi connectivity index (χ3n) is 8.61. The van der Waals surface area contributed by atoms with Crippen LogP contribution in [0.25, 0.3) is 33.5 Å². The zero-order valence-electron chi connectivity index (χ0n) is 25.3. The number of piperidine rings is 2. The predicted molar refractivity (Wildman–Crippen MR) is 177 cm³/mol. The second-order valence-corrected chi connectivity index (χ2v) is 12.4. The molecule has 2 fully saturated rings. The molecule has 0 amide bonds. The average Bonchev–Trinajstić information content (AvgIpc) is 3.93. The van der Waals surface area contributed by atoms with Crippen molar-refractivity contribution in [1.29, 1.82) is 10.5 Å². The second-order valence-electron chi connectivity index (χ2n) is 11.6. The largest absolute Gasteiger partial charge is 0.453 e. The van der Waals surface area contributed by atoms with E-state index in [0.29, 0.717) is 34.8 Å². The average molecular weight is 696 g/mol. The first-order valence-corrected chi connectivity index (χ1v) is 16.1. The van der Waals surface area contributed by atoms with Crippen LogP contribution in [-0.2, 0) is 0 Å². The molecule has 0 aliphatic carbocycles. The third-order valence-corrected chi connectivity index (χ3v) is 9.42. The highest BCUT2D eigenvalue weighted by Crippen LogP contribution is 2.35. The number of nitrogens with one attached hydrogen (secondary N) is 2. The lowest BCUT2D eigenvalue weighted by Crippen LogP contribution is -2.29. The van der Waals surface area contributed by atoms with Crippen LogP contribution in [0.4, 0.5) is 11.6 Å². The van der Waals surface area contributed by atoms with Crippen LogP contribution in [0.5, 0.6) is 0 Å². The summed E-state index contributed by atoms with van der Waals surface area (Å²) in [4.78, 5) is 9.63. The molecule has 2 atom stereocenters. The van der Waals surface area contributed by atoms with Crippen LogP contribution in [0.15, 0.2) is 56.4 Å². The van der Waals surface area contributed by atoms with E-state index in [4.69, 9.17) is 40.8 Å². The summed E-state index contributed by atoms with van der Waals surface area (Å²) in [5.41, 5.74) is 18.9. The van der Waals surface area contributed by atoms with Crippen molar-refractivity contribution in [2.45, 2.75) is 37.5 Å². The second kappa shape index (κ2) is 12.9. The fourth-order valence-electron chi connectivity index (χ4n) is 6.17. The fraction of sp³-hybridized carbons (Fsp3) is 0.312. The van der Waals surface area contributed by atoms with Gasteiger partial charge in [0.05, 0.1) is 28.3 Å². The number of hydrogen-bond acceptors (Lipinski definition) is 12. The first-order chi connectivity index (χ1) is 22.9. The molecule has 2 saturated heterocycles. The lowest BCUT2D eigenvalue weighted by molar-refractivity contribution is 0.453. The summed E-state index contributed by atoms with van der Waals surface area (Å²) in [7, 11) is 0. The molecule has 238 valence electrons. The van der Waals surface area contributed by atoms with Crippen LogP contribution in [0.2, 0.25) is 0 Å². The smallest absolute Gasteiger partial charge is 0.203 e. The number of nitrogens with two attached hydrogens (primary N) is 2. The number of rotatable bonds is 4. The summed E-state index contributed by atoms with van der Waals surface area (Å²) >= 11 is 3.58. The molecule has 15 heteroatoms. The number of anilines is 2. The lowest BCUT2D eigenvalue weighted by atomic mass is 9.96. The van der Waals surface area contributed by atoms with Gasteiger partial charge in [0.2, 0.25) is 11.5 Å². The maximum absolute atomic E-state index is 8.94. The van der Waals surface area contributed by atoms with Gasteiger partial charge in [-0.3, -0.25) is 0 Å². The van der Waals surface area contributed by atoms with E-state index in [9.17, 15) is 0 Å². The van der Waals surface area contributed by atoms with Gasteiger partial charge >= 0.3 is 0 Å². The zero-order chi connectivity index (χ0) is 32.5. The van der Waals surface area contributed by atoms with E-state index in [2.05, 4.69) is 36.8 Å². The van der Waals surface area contributed by atoms with Gasteiger partial charge < -0.3 is 30.9 Å². The SMILES string of the molecule is N#Cc1cc(-c2cnn3c(N)c(Br)c(C4CCCNC4)nc23)co1.N#Cc1cc(-c2cnn3c(N)cc(C4CCCNC4)nc23)co1. The highest BCUT2D eigenvalue weighted by atomic mass is 79.9. The molecule has 2 unspecified atom stereocenters. The first kappa shape index (κ1) is 30.4. The number of nitriles is 2. The Labute approximate surface area is 277 Å². The van der Waals surface area contributed by atoms with E-state index in [-0.39, 0.29) is 11.5 Å². The van der Waals surface area contributed by atoms with Crippen molar-refractivity contribution in [3.63, 3.8) is 0 Å². The molecular formula is C32H31BrN12O2. The van der Waals surface area contributed by atoms with Crippen LogP contribution in [-0.4, -0.2) is 55.4 Å². The van der Waals surface area contributed by atoms with Crippen LogP contribution < -0.4 is 22.1 Å². The standard InChI is InChI=1S/C16H15BrN6O.C16H16N6O/c17-13-14(9-2-1-3-20-6-9)22-16-12(7-21-23(16)15(13)19)10-4-11(5-18)24-8-10;17-6-12-4-11(9-23-12)13-8-20-22-15(18)5-14(21-16(13)22)10-2-1-3-19-7-10/h4,7-9,20H,1-3,6,19H2;4-5,8-10,19H,1-3,7,18H2. The van der Waals surface area contributed by atoms with Crippen molar-refractivity contribution in [2.75, 3.05) is 37.6 Å². The van der Waals surface area contributed by atoms with E-state index < -0.39 is 0 Å². The van der Waals surface area contributed by atoms with Gasteiger partial charge in [0.25, 0.3) is 0 Å². The summed E-state index contributed by atoms with van der Waals surface area (Å²) in [5, 5.41) is 33.3. The van der Waals surface area contributed by atoms with Crippen molar-refractivity contribution in [1.82, 2.24) is 39.8 Å². The summed E-state index contributed by atoms with van der Waals surface area (Å²) in [6.07, 6.45) is 10.9. The van der Waals surface area contributed by atoms with Crippen LogP contribution >= 0.6 is 15.9 Å². The Hall–Kier alpha value is -5.22. The Morgan fingerprint density at radius 3 is 1.94 bits per heavy atom. The molecule has 0 radical (unpaired) electrons. The van der Waals surface area contributed by atoms with Crippen molar-refractivity contribution >= 4 is 38.9 Å². The van der Waals surface area contributed by atoms with Gasteiger partial charge in [0.15, 0.2) is 11.3 Å². The predicted octanol–water partition coefficient (Wildman–Crippen LogP) is 4.58. The van der Waals surface area contributed by atoms with Gasteiger partial charge in [-0.1, -0.05) is 0 Å². The molecule has 0 spiro atoms. The maximum Gasteiger partial charge on any atom is 0.203 e. The molecule has 6 aromatic heterocycles. The van der Waals surface area contributed by atoms with Crippen LogP contribution in [0.3, 0.4) is 0 Å². The Morgan fingerprint density at radius 1 is 0.809 bits per heavy atom. The van der Waals surface area contributed by atoms with Gasteiger partial charge in [-0.05, 0) is 54.7 Å². The van der Waals surface area contributed by atoms with Crippen molar-refractivity contribution in [3.8, 4) is 34.4 Å². The monoisotopic (exact) mass is 694 g/mol. The lowest BCUT2D eigenvalue weighted by Gasteiger charge is -2.23. The van der Waals surface area contributed by atoms with Gasteiger partial charge in [0, 0.05) is 65.4 Å². The van der Waals surface area contributed by atoms with E-state index >= 15 is 0 Å². The Bertz CT molecular complexity index is 2150. The summed E-state index contributed by atoms with van der Waals surface area (Å²) < 4.78 is 14.4. The number of fused-ring (bicyclic) bond motifs is 2. The maximum atomic E-state index is 8.94. The Balaban J connectivity index is 0.000000150. The normalized spacial score (nSPS) is 18.0. The molecule has 0 bridgehead atoms. The number of hydrogen-bond donors (Lipinski definition) is 4. The number of furan rings is 2. The van der Waals surface area contributed by atoms with Crippen molar-refractivity contribution in [3.05, 3.63) is 70.5 Å². The molecule has 2 aliphatic heterocycles. The highest BCUT2D eigenvalue weighted by molar-refractivity contribution is 9.10. The number of aromatic nitrogens is 6. The summed E-state index contributed by atoms with van der Waals surface area (Å²) in [5.74, 6) is 2.27. The molecule has 8 heterocycles. The number of nitrogens with zero attached hydrogens (tertiary/aromatic N) is 8. The highest BCUT2D eigenvalue weighted by Gasteiger charge is 2.24. The van der Waals surface area contributed by atoms with E-state index in [1.807, 2.05) is 18.2 Å². The van der Waals surface area contributed by atoms with Gasteiger partial charge in [-0.2, -0.15) is 29.8 Å². The molecule has 47 heavy (non-hydrogen) atoms. The van der Waals surface area contributed by atoms with Gasteiger partial charge in [-0.25, -0.2) is 9.97 Å². The van der Waals surface area contributed by atoms with Crippen LogP contribution in [0, 0.1) is 22.7 Å². The molecule has 0 aromatic carbocycles. The summed E-state index contributed by atoms with van der Waals surface area (Å²) in [6.45, 7) is 3.89. The van der Waals surface area contributed by atoms with Gasteiger partial charge in [-0.15, -0.1) is 0 Å². The minimum atomic E-state index is 0.256. The third kappa shape index (κ3) is 5.81. The molecule has 8 rings (SSSR count). The summed E-state index contributed by atoms with van der Waals surface area (Å²) in [6, 6.07) is 9.23. The van der Waals surface area contributed by atoms with Crippen molar-refractivity contribution in [2.24, 2.45) is 0 Å². The van der Waals surface area contributed by atoms with E-state index in [0.717, 1.165) is 90.0 Å². The molecule has 6 aromatic rings. The molecule has 0 saturated carbocycles. The first-order valence-electron chi connectivity index (χ1n) is 15.3. The van der Waals surface area contributed by atoms with Crippen LogP contribution in [0.1, 0.15) is 60.4 Å². The minimum absolute atomic E-state index is 0.256. The fourth-order valence-corrected chi connectivity index (χ4v) is 6.75. The Morgan fingerprint density at radius 2 is 1.38 bits per heavy atom. The minimum Gasteiger partial charge on any atom is -0.453 e. The molecular weight excluding hydrogens is 664 g/mol.